The predicted molar refractivity (Wildman–Crippen MR) is 83.7 cm³/mol. The molecule has 2 aromatic rings. The van der Waals surface area contributed by atoms with E-state index in [9.17, 15) is 18.4 Å². The highest BCUT2D eigenvalue weighted by atomic mass is 19.1. The minimum absolute atomic E-state index is 0.462. The monoisotopic (exact) mass is 332 g/mol. The number of carbonyl (C=O) groups is 2. The van der Waals surface area contributed by atoms with E-state index in [0.29, 0.717) is 11.3 Å². The second-order valence-electron chi connectivity index (χ2n) is 4.73. The summed E-state index contributed by atoms with van der Waals surface area (Å²) >= 11 is 0. The molecule has 0 heterocycles. The molecule has 124 valence electrons. The molecule has 0 aliphatic rings. The molecule has 0 saturated carbocycles. The van der Waals surface area contributed by atoms with Crippen LogP contribution in [0.15, 0.2) is 48.5 Å². The van der Waals surface area contributed by atoms with Crippen molar-refractivity contribution < 1.29 is 27.8 Å². The third kappa shape index (κ3) is 4.49. The summed E-state index contributed by atoms with van der Waals surface area (Å²) < 4.78 is 36.3. The zero-order chi connectivity index (χ0) is 17.5. The highest BCUT2D eigenvalue weighted by Gasteiger charge is 2.14. The predicted octanol–water partition coefficient (Wildman–Crippen LogP) is 3.41. The quantitative estimate of drug-likeness (QED) is 0.462. The number of carbonyl (C=O) groups excluding carboxylic acids is 2. The Morgan fingerprint density at radius 3 is 2.62 bits per heavy atom. The lowest BCUT2D eigenvalue weighted by Crippen LogP contribution is -2.14. The Bertz CT molecular complexity index is 784. The zero-order valence-electron chi connectivity index (χ0n) is 12.8. The largest absolute Gasteiger partial charge is 0.496 e. The van der Waals surface area contributed by atoms with Gasteiger partial charge in [-0.3, -0.25) is 4.79 Å². The molecule has 2 rings (SSSR count). The van der Waals surface area contributed by atoms with Crippen LogP contribution in [0.5, 0.6) is 5.75 Å². The van der Waals surface area contributed by atoms with Crippen LogP contribution >= 0.6 is 0 Å². The van der Waals surface area contributed by atoms with Crippen molar-refractivity contribution >= 4 is 17.8 Å². The maximum absolute atomic E-state index is 13.4. The summed E-state index contributed by atoms with van der Waals surface area (Å²) in [6.07, 6.45) is 2.58. The van der Waals surface area contributed by atoms with Gasteiger partial charge in [0.25, 0.3) is 0 Å². The number of benzene rings is 2. The van der Waals surface area contributed by atoms with E-state index in [4.69, 9.17) is 9.47 Å². The van der Waals surface area contributed by atoms with E-state index < -0.39 is 35.6 Å². The summed E-state index contributed by atoms with van der Waals surface area (Å²) in [5.41, 5.74) is 0.191. The fourth-order valence-electron chi connectivity index (χ4n) is 1.94. The second-order valence-corrected chi connectivity index (χ2v) is 4.73. The maximum atomic E-state index is 13.4. The van der Waals surface area contributed by atoms with Crippen molar-refractivity contribution in [1.82, 2.24) is 0 Å². The molecule has 0 atom stereocenters. The highest BCUT2D eigenvalue weighted by molar-refractivity contribution is 5.99. The number of methoxy groups -OCH3 is 1. The van der Waals surface area contributed by atoms with E-state index >= 15 is 0 Å². The molecular formula is C18H14F2O4. The van der Waals surface area contributed by atoms with Crippen LogP contribution in [0.4, 0.5) is 8.78 Å². The van der Waals surface area contributed by atoms with Gasteiger partial charge in [-0.25, -0.2) is 13.6 Å². The first-order valence-corrected chi connectivity index (χ1v) is 6.97. The Morgan fingerprint density at radius 1 is 1.12 bits per heavy atom. The smallest absolute Gasteiger partial charge is 0.331 e. The van der Waals surface area contributed by atoms with Crippen LogP contribution in [0.3, 0.4) is 0 Å². The molecule has 0 fully saturated rings. The minimum atomic E-state index is -0.873. The number of hydrogen-bond donors (Lipinski definition) is 0. The van der Waals surface area contributed by atoms with Gasteiger partial charge in [-0.1, -0.05) is 18.2 Å². The van der Waals surface area contributed by atoms with Crippen LogP contribution in [0, 0.1) is 11.6 Å². The van der Waals surface area contributed by atoms with Gasteiger partial charge < -0.3 is 9.47 Å². The first kappa shape index (κ1) is 17.3. The van der Waals surface area contributed by atoms with E-state index in [0.717, 1.165) is 24.3 Å². The average Bonchev–Trinajstić information content (AvgIpc) is 2.60. The molecule has 0 aromatic heterocycles. The van der Waals surface area contributed by atoms with E-state index in [-0.39, 0.29) is 0 Å². The number of Topliss-reactive ketones (excluding diaryl/α,β-unsaturated/α-hetero) is 1. The maximum Gasteiger partial charge on any atom is 0.331 e. The molecule has 0 spiro atoms. The number of ether oxygens (including phenoxy) is 2. The van der Waals surface area contributed by atoms with Gasteiger partial charge in [0.05, 0.1) is 12.7 Å². The third-order valence-electron chi connectivity index (χ3n) is 3.11. The summed E-state index contributed by atoms with van der Waals surface area (Å²) in [6, 6.07) is 9.50. The number of ketones is 1. The fourth-order valence-corrected chi connectivity index (χ4v) is 1.94. The van der Waals surface area contributed by atoms with Crippen molar-refractivity contribution in [2.24, 2.45) is 0 Å². The van der Waals surface area contributed by atoms with Crippen molar-refractivity contribution in [1.29, 1.82) is 0 Å². The molecule has 0 saturated heterocycles. The summed E-state index contributed by atoms with van der Waals surface area (Å²) in [4.78, 5) is 23.4. The van der Waals surface area contributed by atoms with Crippen LogP contribution in [-0.4, -0.2) is 25.5 Å². The van der Waals surface area contributed by atoms with Gasteiger partial charge in [0.1, 0.15) is 17.4 Å². The van der Waals surface area contributed by atoms with Crippen molar-refractivity contribution in [2.75, 3.05) is 13.7 Å². The van der Waals surface area contributed by atoms with E-state index in [1.165, 1.54) is 13.2 Å². The molecule has 2 aromatic carbocycles. The van der Waals surface area contributed by atoms with E-state index in [1.54, 1.807) is 24.3 Å². The number of halogens is 2. The van der Waals surface area contributed by atoms with E-state index in [2.05, 4.69) is 0 Å². The minimum Gasteiger partial charge on any atom is -0.496 e. The Labute approximate surface area is 137 Å². The van der Waals surface area contributed by atoms with Crippen LogP contribution in [0.1, 0.15) is 15.9 Å². The molecule has 24 heavy (non-hydrogen) atoms. The second kappa shape index (κ2) is 8.01. The average molecular weight is 332 g/mol. The van der Waals surface area contributed by atoms with Crippen molar-refractivity contribution in [3.8, 4) is 5.75 Å². The molecule has 0 aliphatic heterocycles. The molecule has 0 N–H and O–H groups in total. The Hall–Kier alpha value is -3.02. The van der Waals surface area contributed by atoms with Gasteiger partial charge in [0.15, 0.2) is 6.61 Å². The summed E-state index contributed by atoms with van der Waals surface area (Å²) in [7, 11) is 1.50. The van der Waals surface area contributed by atoms with Crippen molar-refractivity contribution in [3.05, 3.63) is 71.3 Å². The molecule has 0 aliphatic carbocycles. The van der Waals surface area contributed by atoms with Gasteiger partial charge in [-0.2, -0.15) is 0 Å². The molecule has 0 amide bonds. The SMILES string of the molecule is COc1ccccc1/C=C/C(=O)OCC(=O)c1cc(F)ccc1F. The number of esters is 1. The van der Waals surface area contributed by atoms with Gasteiger partial charge in [-0.15, -0.1) is 0 Å². The lowest BCUT2D eigenvalue weighted by Gasteiger charge is -2.04. The Morgan fingerprint density at radius 2 is 1.88 bits per heavy atom. The first-order valence-electron chi connectivity index (χ1n) is 6.97. The van der Waals surface area contributed by atoms with Gasteiger partial charge >= 0.3 is 5.97 Å². The molecule has 0 bridgehead atoms. The van der Waals surface area contributed by atoms with Crippen molar-refractivity contribution in [2.45, 2.75) is 0 Å². The number of rotatable bonds is 6. The number of hydrogen-bond acceptors (Lipinski definition) is 4. The van der Waals surface area contributed by atoms with Crippen LogP contribution in [0.2, 0.25) is 0 Å². The summed E-state index contributed by atoms with van der Waals surface area (Å²) in [5.74, 6) is -2.67. The van der Waals surface area contributed by atoms with E-state index in [1.807, 2.05) is 0 Å². The van der Waals surface area contributed by atoms with Crippen LogP contribution in [-0.2, 0) is 9.53 Å². The first-order chi connectivity index (χ1) is 11.5. The Kier molecular flexibility index (Phi) is 5.78. The van der Waals surface area contributed by atoms with Gasteiger partial charge in [0.2, 0.25) is 5.78 Å². The normalized spacial score (nSPS) is 10.6. The topological polar surface area (TPSA) is 52.6 Å². The van der Waals surface area contributed by atoms with Crippen LogP contribution in [0.25, 0.3) is 6.08 Å². The third-order valence-corrected chi connectivity index (χ3v) is 3.11. The molecule has 6 heteroatoms. The number of para-hydroxylation sites is 1. The fraction of sp³-hybridized carbons (Fsp3) is 0.111. The molecule has 4 nitrogen and oxygen atoms in total. The standard InChI is InChI=1S/C18H14F2O4/c1-23-17-5-3-2-4-12(17)6-9-18(22)24-11-16(21)14-10-13(19)7-8-15(14)20/h2-10H,11H2,1H3/b9-6+. The molecular weight excluding hydrogens is 318 g/mol. The zero-order valence-corrected chi connectivity index (χ0v) is 12.8. The lowest BCUT2D eigenvalue weighted by atomic mass is 10.1. The molecule has 0 unspecified atom stereocenters. The summed E-state index contributed by atoms with van der Waals surface area (Å²) in [5, 5.41) is 0. The van der Waals surface area contributed by atoms with Crippen molar-refractivity contribution in [3.63, 3.8) is 0 Å². The van der Waals surface area contributed by atoms with Gasteiger partial charge in [0, 0.05) is 11.6 Å². The van der Waals surface area contributed by atoms with Crippen LogP contribution < -0.4 is 4.74 Å². The highest BCUT2D eigenvalue weighted by Crippen LogP contribution is 2.18. The molecule has 0 radical (unpaired) electrons. The Balaban J connectivity index is 1.97. The van der Waals surface area contributed by atoms with Gasteiger partial charge in [-0.05, 0) is 30.3 Å². The summed E-state index contributed by atoms with van der Waals surface area (Å²) in [6.45, 7) is -0.685. The lowest BCUT2D eigenvalue weighted by molar-refractivity contribution is -0.136.